The van der Waals surface area contributed by atoms with Crippen LogP contribution >= 0.6 is 0 Å². The van der Waals surface area contributed by atoms with E-state index in [2.05, 4.69) is 5.32 Å². The van der Waals surface area contributed by atoms with Crippen LogP contribution in [0.1, 0.15) is 25.7 Å². The van der Waals surface area contributed by atoms with E-state index >= 15 is 0 Å². The van der Waals surface area contributed by atoms with E-state index in [-0.39, 0.29) is 0 Å². The van der Waals surface area contributed by atoms with Gasteiger partial charge in [-0.15, -0.1) is 0 Å². The van der Waals surface area contributed by atoms with Crippen LogP contribution in [0.4, 0.5) is 0 Å². The third kappa shape index (κ3) is 4.32. The molecule has 0 radical (unpaired) electrons. The number of rotatable bonds is 2. The van der Waals surface area contributed by atoms with Crippen molar-refractivity contribution in [3.8, 4) is 0 Å². The molecule has 58 valence electrons. The molecule has 0 saturated heterocycles. The van der Waals surface area contributed by atoms with Crippen LogP contribution in [-0.4, -0.2) is 18.5 Å². The van der Waals surface area contributed by atoms with Crippen molar-refractivity contribution < 1.29 is 4.79 Å². The van der Waals surface area contributed by atoms with Crippen molar-refractivity contribution in [3.63, 3.8) is 0 Å². The molecule has 0 unspecified atom stereocenters. The average molecular weight is 142 g/mol. The van der Waals surface area contributed by atoms with Crippen molar-refractivity contribution in [1.82, 2.24) is 5.32 Å². The zero-order valence-electron chi connectivity index (χ0n) is 6.05. The van der Waals surface area contributed by atoms with E-state index in [4.69, 9.17) is 5.73 Å². The molecule has 0 atom stereocenters. The second-order valence-electron chi connectivity index (χ2n) is 2.90. The number of carbonyl (C=O) groups excluding carboxylic acids is 1. The molecule has 0 bridgehead atoms. The molecule has 2 aliphatic rings. The summed E-state index contributed by atoms with van der Waals surface area (Å²) in [6, 6.07) is 1.11. The van der Waals surface area contributed by atoms with Gasteiger partial charge in [0.05, 0.1) is 0 Å². The molecule has 2 aliphatic carbocycles. The lowest BCUT2D eigenvalue weighted by Crippen LogP contribution is -2.11. The fourth-order valence-corrected chi connectivity index (χ4v) is 0.442. The summed E-state index contributed by atoms with van der Waals surface area (Å²) < 4.78 is 0. The molecule has 0 aromatic carbocycles. The van der Waals surface area contributed by atoms with E-state index in [0.29, 0.717) is 12.1 Å². The number of nitrogens with two attached hydrogens (primary N) is 1. The van der Waals surface area contributed by atoms with Crippen molar-refractivity contribution in [1.29, 1.82) is 0 Å². The van der Waals surface area contributed by atoms with E-state index < -0.39 is 0 Å². The third-order valence-corrected chi connectivity index (χ3v) is 1.50. The molecule has 0 spiro atoms. The zero-order chi connectivity index (χ0) is 7.40. The van der Waals surface area contributed by atoms with Crippen LogP contribution in [0.2, 0.25) is 0 Å². The Morgan fingerprint density at radius 3 is 1.90 bits per heavy atom. The van der Waals surface area contributed by atoms with Crippen LogP contribution in [-0.2, 0) is 4.79 Å². The summed E-state index contributed by atoms with van der Waals surface area (Å²) >= 11 is 0. The van der Waals surface area contributed by atoms with Gasteiger partial charge in [-0.2, -0.15) is 0 Å². The van der Waals surface area contributed by atoms with Gasteiger partial charge in [-0.05, 0) is 25.7 Å². The Labute approximate surface area is 61.0 Å². The van der Waals surface area contributed by atoms with E-state index in [0.717, 1.165) is 6.41 Å². The number of amides is 1. The van der Waals surface area contributed by atoms with Crippen LogP contribution < -0.4 is 11.1 Å². The standard InChI is InChI=1S/C4H7NO.C3H7N/c6-3-5-4-1-2-4;4-3-1-2-3/h3-4H,1-2H2,(H,5,6);3H,1-2,4H2. The molecule has 3 heteroatoms. The van der Waals surface area contributed by atoms with Crippen molar-refractivity contribution in [2.45, 2.75) is 37.8 Å². The summed E-state index contributed by atoms with van der Waals surface area (Å²) in [5, 5.41) is 2.64. The molecular weight excluding hydrogens is 128 g/mol. The van der Waals surface area contributed by atoms with Gasteiger partial charge in [0.25, 0.3) is 0 Å². The Kier molecular flexibility index (Phi) is 2.68. The monoisotopic (exact) mass is 142 g/mol. The van der Waals surface area contributed by atoms with Crippen LogP contribution in [0, 0.1) is 0 Å². The summed E-state index contributed by atoms with van der Waals surface area (Å²) in [5.41, 5.74) is 5.22. The molecule has 0 aromatic heterocycles. The highest BCUT2D eigenvalue weighted by Gasteiger charge is 2.18. The molecule has 2 fully saturated rings. The molecule has 2 saturated carbocycles. The lowest BCUT2D eigenvalue weighted by molar-refractivity contribution is -0.109. The lowest BCUT2D eigenvalue weighted by Gasteiger charge is -1.82. The quantitative estimate of drug-likeness (QED) is 0.533. The smallest absolute Gasteiger partial charge is 0.207 e. The predicted molar refractivity (Wildman–Crippen MR) is 39.4 cm³/mol. The van der Waals surface area contributed by atoms with Crippen molar-refractivity contribution in [3.05, 3.63) is 0 Å². The molecule has 0 aliphatic heterocycles. The topological polar surface area (TPSA) is 55.1 Å². The molecule has 2 rings (SSSR count). The second kappa shape index (κ2) is 3.56. The molecule has 3 N–H and O–H groups in total. The normalized spacial score (nSPS) is 22.5. The maximum absolute atomic E-state index is 9.54. The summed E-state index contributed by atoms with van der Waals surface area (Å²) in [4.78, 5) is 9.54. The Bertz CT molecular complexity index is 108. The highest BCUT2D eigenvalue weighted by atomic mass is 16.1. The first-order chi connectivity index (χ1) is 4.83. The zero-order valence-corrected chi connectivity index (χ0v) is 6.05. The van der Waals surface area contributed by atoms with Gasteiger partial charge in [0.1, 0.15) is 0 Å². The number of hydrogen-bond acceptors (Lipinski definition) is 2. The summed E-state index contributed by atoms with van der Waals surface area (Å²) in [5.74, 6) is 0. The second-order valence-corrected chi connectivity index (χ2v) is 2.90. The SMILES string of the molecule is NC1CC1.O=CNC1CC1. The molecule has 0 heterocycles. The molecule has 10 heavy (non-hydrogen) atoms. The Hall–Kier alpha value is -0.570. The van der Waals surface area contributed by atoms with Crippen LogP contribution in [0.25, 0.3) is 0 Å². The number of carbonyl (C=O) groups is 1. The minimum absolute atomic E-state index is 0.530. The van der Waals surface area contributed by atoms with E-state index in [1.165, 1.54) is 25.7 Å². The largest absolute Gasteiger partial charge is 0.356 e. The van der Waals surface area contributed by atoms with Gasteiger partial charge < -0.3 is 11.1 Å². The van der Waals surface area contributed by atoms with Gasteiger partial charge in [0, 0.05) is 12.1 Å². The van der Waals surface area contributed by atoms with E-state index in [9.17, 15) is 4.79 Å². The first kappa shape index (κ1) is 7.54. The number of hydrogen-bond donors (Lipinski definition) is 2. The molecular formula is C7H14N2O. The molecule has 0 aromatic rings. The van der Waals surface area contributed by atoms with Crippen molar-refractivity contribution >= 4 is 6.41 Å². The maximum atomic E-state index is 9.54. The van der Waals surface area contributed by atoms with Gasteiger partial charge in [0.15, 0.2) is 0 Å². The Morgan fingerprint density at radius 1 is 1.30 bits per heavy atom. The molecule has 3 nitrogen and oxygen atoms in total. The highest BCUT2D eigenvalue weighted by Crippen LogP contribution is 2.17. The first-order valence-corrected chi connectivity index (χ1v) is 3.78. The Balaban J connectivity index is 0.000000108. The average Bonchev–Trinajstić information content (AvgIpc) is 2.68. The number of nitrogens with one attached hydrogen (secondary N) is 1. The van der Waals surface area contributed by atoms with Gasteiger partial charge in [-0.1, -0.05) is 0 Å². The lowest BCUT2D eigenvalue weighted by atomic mass is 10.7. The van der Waals surface area contributed by atoms with Crippen molar-refractivity contribution in [2.75, 3.05) is 0 Å². The minimum Gasteiger partial charge on any atom is -0.356 e. The van der Waals surface area contributed by atoms with Gasteiger partial charge in [-0.3, -0.25) is 4.79 Å². The fraction of sp³-hybridized carbons (Fsp3) is 0.857. The van der Waals surface area contributed by atoms with Gasteiger partial charge in [-0.25, -0.2) is 0 Å². The maximum Gasteiger partial charge on any atom is 0.207 e. The van der Waals surface area contributed by atoms with Crippen LogP contribution in [0.15, 0.2) is 0 Å². The van der Waals surface area contributed by atoms with Crippen LogP contribution in [0.5, 0.6) is 0 Å². The van der Waals surface area contributed by atoms with E-state index in [1.807, 2.05) is 0 Å². The summed E-state index contributed by atoms with van der Waals surface area (Å²) in [6.07, 6.45) is 5.65. The van der Waals surface area contributed by atoms with Crippen molar-refractivity contribution in [2.24, 2.45) is 5.73 Å². The third-order valence-electron chi connectivity index (χ3n) is 1.50. The minimum atomic E-state index is 0.530. The molecule has 1 amide bonds. The first-order valence-electron chi connectivity index (χ1n) is 3.78. The van der Waals surface area contributed by atoms with E-state index in [1.54, 1.807) is 0 Å². The van der Waals surface area contributed by atoms with Gasteiger partial charge in [0.2, 0.25) is 6.41 Å². The summed E-state index contributed by atoms with van der Waals surface area (Å²) in [7, 11) is 0. The summed E-state index contributed by atoms with van der Waals surface area (Å²) in [6.45, 7) is 0. The van der Waals surface area contributed by atoms with Crippen LogP contribution in [0.3, 0.4) is 0 Å². The highest BCUT2D eigenvalue weighted by molar-refractivity contribution is 5.47. The van der Waals surface area contributed by atoms with Gasteiger partial charge >= 0.3 is 0 Å². The predicted octanol–water partition coefficient (Wildman–Crippen LogP) is 0.00230. The Morgan fingerprint density at radius 2 is 1.80 bits per heavy atom. The fourth-order valence-electron chi connectivity index (χ4n) is 0.442.